The molecule has 0 spiro atoms. The third kappa shape index (κ3) is 4.98. The summed E-state index contributed by atoms with van der Waals surface area (Å²) < 4.78 is 5.62. The van der Waals surface area contributed by atoms with Gasteiger partial charge in [0.1, 0.15) is 0 Å². The smallest absolute Gasteiger partial charge is 0.0576 e. The maximum atomic E-state index is 5.62. The molecular formula is C13H27NO. The van der Waals surface area contributed by atoms with E-state index in [-0.39, 0.29) is 0 Å². The van der Waals surface area contributed by atoms with Gasteiger partial charge in [0.25, 0.3) is 0 Å². The summed E-state index contributed by atoms with van der Waals surface area (Å²) in [5, 5.41) is 3.40. The zero-order valence-electron chi connectivity index (χ0n) is 10.6. The number of unbranched alkanes of at least 4 members (excludes halogenated alkanes) is 1. The van der Waals surface area contributed by atoms with Crippen molar-refractivity contribution in [3.63, 3.8) is 0 Å². The van der Waals surface area contributed by atoms with E-state index in [4.69, 9.17) is 4.74 Å². The normalized spacial score (nSPS) is 23.6. The Morgan fingerprint density at radius 2 is 2.13 bits per heavy atom. The third-order valence-electron chi connectivity index (χ3n) is 3.49. The number of hydrogen-bond donors (Lipinski definition) is 1. The standard InChI is InChI=1S/C13H27NO/c1-11(2)13(14-3)9-5-4-7-12-8-6-10-15-12/h11-14H,4-10H2,1-3H3. The molecule has 2 unspecified atom stereocenters. The van der Waals surface area contributed by atoms with Crippen LogP contribution >= 0.6 is 0 Å². The molecule has 1 saturated heterocycles. The van der Waals surface area contributed by atoms with Crippen molar-refractivity contribution < 1.29 is 4.74 Å². The van der Waals surface area contributed by atoms with Gasteiger partial charge in [0, 0.05) is 12.6 Å². The quantitative estimate of drug-likeness (QED) is 0.656. The van der Waals surface area contributed by atoms with Crippen LogP contribution in [0.25, 0.3) is 0 Å². The third-order valence-corrected chi connectivity index (χ3v) is 3.49. The molecule has 0 aromatic carbocycles. The average Bonchev–Trinajstić information content (AvgIpc) is 2.70. The molecule has 0 aromatic heterocycles. The molecule has 15 heavy (non-hydrogen) atoms. The molecule has 1 N–H and O–H groups in total. The molecular weight excluding hydrogens is 186 g/mol. The lowest BCUT2D eigenvalue weighted by Gasteiger charge is -2.20. The number of rotatable bonds is 7. The van der Waals surface area contributed by atoms with Gasteiger partial charge in [0.15, 0.2) is 0 Å². The van der Waals surface area contributed by atoms with Gasteiger partial charge in [0.05, 0.1) is 6.10 Å². The van der Waals surface area contributed by atoms with Gasteiger partial charge in [-0.2, -0.15) is 0 Å². The van der Waals surface area contributed by atoms with Crippen LogP contribution in [0.4, 0.5) is 0 Å². The second-order valence-electron chi connectivity index (χ2n) is 5.06. The molecule has 0 bridgehead atoms. The first-order chi connectivity index (χ1) is 7.24. The van der Waals surface area contributed by atoms with Crippen molar-refractivity contribution in [2.75, 3.05) is 13.7 Å². The van der Waals surface area contributed by atoms with Crippen LogP contribution in [0.5, 0.6) is 0 Å². The largest absolute Gasteiger partial charge is 0.378 e. The zero-order valence-corrected chi connectivity index (χ0v) is 10.6. The van der Waals surface area contributed by atoms with Crippen LogP contribution in [0, 0.1) is 5.92 Å². The highest BCUT2D eigenvalue weighted by molar-refractivity contribution is 4.70. The van der Waals surface area contributed by atoms with E-state index in [1.165, 1.54) is 38.5 Å². The Balaban J connectivity index is 1.99. The number of ether oxygens (including phenoxy) is 1. The van der Waals surface area contributed by atoms with E-state index >= 15 is 0 Å². The highest BCUT2D eigenvalue weighted by Gasteiger charge is 2.15. The lowest BCUT2D eigenvalue weighted by Crippen LogP contribution is -2.30. The summed E-state index contributed by atoms with van der Waals surface area (Å²) in [5.41, 5.74) is 0. The minimum atomic E-state index is 0.581. The molecule has 2 atom stereocenters. The number of hydrogen-bond acceptors (Lipinski definition) is 2. The zero-order chi connectivity index (χ0) is 11.1. The van der Waals surface area contributed by atoms with Gasteiger partial charge in [0.2, 0.25) is 0 Å². The van der Waals surface area contributed by atoms with Crippen LogP contribution in [-0.4, -0.2) is 25.8 Å². The molecule has 0 aliphatic carbocycles. The molecule has 1 aliphatic heterocycles. The maximum absolute atomic E-state index is 5.62. The summed E-state index contributed by atoms with van der Waals surface area (Å²) >= 11 is 0. The Bertz CT molecular complexity index is 153. The minimum absolute atomic E-state index is 0.581. The summed E-state index contributed by atoms with van der Waals surface area (Å²) in [6.07, 6.45) is 8.39. The fourth-order valence-electron chi connectivity index (χ4n) is 2.42. The second kappa shape index (κ2) is 7.24. The van der Waals surface area contributed by atoms with Gasteiger partial charge in [-0.15, -0.1) is 0 Å². The molecule has 0 radical (unpaired) electrons. The van der Waals surface area contributed by atoms with Crippen molar-refractivity contribution in [1.29, 1.82) is 0 Å². The van der Waals surface area contributed by atoms with Crippen LogP contribution in [0.2, 0.25) is 0 Å². The van der Waals surface area contributed by atoms with Crippen LogP contribution in [0.1, 0.15) is 52.4 Å². The van der Waals surface area contributed by atoms with Gasteiger partial charge < -0.3 is 10.1 Å². The molecule has 0 amide bonds. The molecule has 0 aromatic rings. The van der Waals surface area contributed by atoms with Crippen molar-refractivity contribution in [3.8, 4) is 0 Å². The van der Waals surface area contributed by atoms with Gasteiger partial charge in [-0.3, -0.25) is 0 Å². The molecule has 1 fully saturated rings. The topological polar surface area (TPSA) is 21.3 Å². The van der Waals surface area contributed by atoms with E-state index in [9.17, 15) is 0 Å². The van der Waals surface area contributed by atoms with Crippen molar-refractivity contribution in [2.24, 2.45) is 5.92 Å². The van der Waals surface area contributed by atoms with Crippen molar-refractivity contribution in [3.05, 3.63) is 0 Å². The first-order valence-electron chi connectivity index (χ1n) is 6.53. The predicted molar refractivity (Wildman–Crippen MR) is 65.1 cm³/mol. The molecule has 2 nitrogen and oxygen atoms in total. The van der Waals surface area contributed by atoms with Gasteiger partial charge in [-0.25, -0.2) is 0 Å². The summed E-state index contributed by atoms with van der Waals surface area (Å²) in [6.45, 7) is 5.58. The second-order valence-corrected chi connectivity index (χ2v) is 5.06. The van der Waals surface area contributed by atoms with Crippen LogP contribution in [0.3, 0.4) is 0 Å². The maximum Gasteiger partial charge on any atom is 0.0576 e. The lowest BCUT2D eigenvalue weighted by molar-refractivity contribution is 0.101. The lowest BCUT2D eigenvalue weighted by atomic mass is 9.97. The summed E-state index contributed by atoms with van der Waals surface area (Å²) in [4.78, 5) is 0. The van der Waals surface area contributed by atoms with Crippen molar-refractivity contribution in [1.82, 2.24) is 5.32 Å². The molecule has 1 rings (SSSR count). The van der Waals surface area contributed by atoms with Gasteiger partial charge >= 0.3 is 0 Å². The van der Waals surface area contributed by atoms with Crippen LogP contribution in [-0.2, 0) is 4.74 Å². The highest BCUT2D eigenvalue weighted by atomic mass is 16.5. The fraction of sp³-hybridized carbons (Fsp3) is 1.00. The van der Waals surface area contributed by atoms with Crippen LogP contribution in [0.15, 0.2) is 0 Å². The monoisotopic (exact) mass is 213 g/mol. The molecule has 1 heterocycles. The van der Waals surface area contributed by atoms with Crippen molar-refractivity contribution >= 4 is 0 Å². The summed E-state index contributed by atoms with van der Waals surface area (Å²) in [5.74, 6) is 0.748. The van der Waals surface area contributed by atoms with E-state index in [2.05, 4.69) is 26.2 Å². The molecule has 90 valence electrons. The highest BCUT2D eigenvalue weighted by Crippen LogP contribution is 2.19. The van der Waals surface area contributed by atoms with E-state index in [1.54, 1.807) is 0 Å². The Morgan fingerprint density at radius 1 is 1.33 bits per heavy atom. The Labute approximate surface area is 94.8 Å². The summed E-state index contributed by atoms with van der Waals surface area (Å²) in [7, 11) is 2.07. The Morgan fingerprint density at radius 3 is 2.67 bits per heavy atom. The van der Waals surface area contributed by atoms with E-state index < -0.39 is 0 Å². The fourth-order valence-corrected chi connectivity index (χ4v) is 2.42. The minimum Gasteiger partial charge on any atom is -0.378 e. The van der Waals surface area contributed by atoms with Gasteiger partial charge in [-0.05, 0) is 38.6 Å². The van der Waals surface area contributed by atoms with Crippen molar-refractivity contribution in [2.45, 2.75) is 64.5 Å². The number of nitrogens with one attached hydrogen (secondary N) is 1. The van der Waals surface area contributed by atoms with Crippen LogP contribution < -0.4 is 5.32 Å². The Kier molecular flexibility index (Phi) is 6.26. The van der Waals surface area contributed by atoms with E-state index in [1.807, 2.05) is 0 Å². The van der Waals surface area contributed by atoms with Gasteiger partial charge in [-0.1, -0.05) is 26.7 Å². The molecule has 1 aliphatic rings. The SMILES string of the molecule is CNC(CCCCC1CCCO1)C(C)C. The molecule has 0 saturated carbocycles. The first kappa shape index (κ1) is 13.0. The molecule has 2 heteroatoms. The summed E-state index contributed by atoms with van der Waals surface area (Å²) in [6, 6.07) is 0.689. The van der Waals surface area contributed by atoms with E-state index in [0.29, 0.717) is 12.1 Å². The first-order valence-corrected chi connectivity index (χ1v) is 6.53. The Hall–Kier alpha value is -0.0800. The average molecular weight is 213 g/mol. The predicted octanol–water partition coefficient (Wildman–Crippen LogP) is 2.97. The van der Waals surface area contributed by atoms with E-state index in [0.717, 1.165) is 12.5 Å².